The molecular formula is C16H20BN2O7PS. The van der Waals surface area contributed by atoms with Crippen LogP contribution in [0.4, 0.5) is 5.69 Å². The quantitative estimate of drug-likeness (QED) is 0.163. The van der Waals surface area contributed by atoms with E-state index in [4.69, 9.17) is 9.39 Å². The van der Waals surface area contributed by atoms with Crippen molar-refractivity contribution < 1.29 is 28.7 Å². The zero-order chi connectivity index (χ0) is 21.5. The molecule has 1 rings (SSSR count). The Labute approximate surface area is 169 Å². The number of nitro benzene ring substituents is 1. The van der Waals surface area contributed by atoms with Crippen molar-refractivity contribution in [3.8, 4) is 0 Å². The molecule has 150 valence electrons. The molecular weight excluding hydrogens is 406 g/mol. The third kappa shape index (κ3) is 6.80. The van der Waals surface area contributed by atoms with Gasteiger partial charge in [0.2, 0.25) is 0 Å². The molecule has 1 aromatic rings. The predicted molar refractivity (Wildman–Crippen MR) is 108 cm³/mol. The Bertz CT molecular complexity index is 795. The SMILES string of the molecule is CC(C)(C)SCC(C)(C(=O)OB=NP)C(=O)OC(=O)c1ccc([N+](=O)[O-])cc1. The summed E-state index contributed by atoms with van der Waals surface area (Å²) < 4.78 is 12.9. The predicted octanol–water partition coefficient (Wildman–Crippen LogP) is 2.95. The number of hydrogen-bond donors (Lipinski definition) is 0. The third-order valence-corrected chi connectivity index (χ3v) is 5.12. The van der Waals surface area contributed by atoms with Crippen LogP contribution in [0.25, 0.3) is 0 Å². The first kappa shape index (κ1) is 23.9. The summed E-state index contributed by atoms with van der Waals surface area (Å²) >= 11 is 1.32. The fraction of sp³-hybridized carbons (Fsp3) is 0.438. The number of esters is 2. The second kappa shape index (κ2) is 9.88. The van der Waals surface area contributed by atoms with Crippen molar-refractivity contribution in [3.05, 3.63) is 39.9 Å². The Morgan fingerprint density at radius 1 is 1.18 bits per heavy atom. The van der Waals surface area contributed by atoms with Gasteiger partial charge in [0, 0.05) is 0 Å². The molecule has 0 aliphatic carbocycles. The minimum atomic E-state index is -1.76. The van der Waals surface area contributed by atoms with Gasteiger partial charge in [0.05, 0.1) is 0 Å². The molecule has 0 saturated heterocycles. The van der Waals surface area contributed by atoms with Gasteiger partial charge in [0.25, 0.3) is 0 Å². The molecule has 2 unspecified atom stereocenters. The van der Waals surface area contributed by atoms with Crippen LogP contribution in [0.1, 0.15) is 38.1 Å². The molecule has 1 aromatic carbocycles. The Morgan fingerprint density at radius 2 is 1.75 bits per heavy atom. The van der Waals surface area contributed by atoms with Gasteiger partial charge in [0.15, 0.2) is 0 Å². The van der Waals surface area contributed by atoms with Crippen LogP contribution < -0.4 is 0 Å². The van der Waals surface area contributed by atoms with Crippen molar-refractivity contribution >= 4 is 52.0 Å². The molecule has 12 heteroatoms. The average Bonchev–Trinajstić information content (AvgIpc) is 2.63. The van der Waals surface area contributed by atoms with Gasteiger partial charge in [-0.15, -0.1) is 0 Å². The van der Waals surface area contributed by atoms with Crippen molar-refractivity contribution in [2.75, 3.05) is 5.75 Å². The summed E-state index contributed by atoms with van der Waals surface area (Å²) in [6.45, 7) is 7.03. The van der Waals surface area contributed by atoms with Crippen LogP contribution >= 0.6 is 21.2 Å². The first-order chi connectivity index (χ1) is 12.9. The van der Waals surface area contributed by atoms with Crippen LogP contribution in [0.3, 0.4) is 0 Å². The van der Waals surface area contributed by atoms with Gasteiger partial charge in [-0.1, -0.05) is 0 Å². The maximum atomic E-state index is 12.6. The zero-order valence-electron chi connectivity index (χ0n) is 15.8. The number of thioether (sulfide) groups is 1. The number of hydrogen-bond acceptors (Lipinski definition) is 9. The van der Waals surface area contributed by atoms with Crippen LogP contribution in [0.2, 0.25) is 0 Å². The summed E-state index contributed by atoms with van der Waals surface area (Å²) in [5, 5.41) is 10.7. The normalized spacial score (nSPS) is 13.3. The van der Waals surface area contributed by atoms with Crippen LogP contribution in [-0.4, -0.2) is 40.6 Å². The summed E-state index contributed by atoms with van der Waals surface area (Å²) in [5.74, 6) is -3.03. The third-order valence-electron chi connectivity index (χ3n) is 3.41. The Kier molecular flexibility index (Phi) is 8.44. The van der Waals surface area contributed by atoms with E-state index in [1.54, 1.807) is 0 Å². The summed E-state index contributed by atoms with van der Waals surface area (Å²) in [5.41, 5.74) is -2.04. The van der Waals surface area contributed by atoms with E-state index < -0.39 is 28.2 Å². The van der Waals surface area contributed by atoms with Gasteiger partial charge < -0.3 is 0 Å². The second-order valence-electron chi connectivity index (χ2n) is 6.87. The molecule has 0 spiro atoms. The van der Waals surface area contributed by atoms with Gasteiger partial charge in [-0.25, -0.2) is 0 Å². The molecule has 0 aliphatic heterocycles. The fourth-order valence-electron chi connectivity index (χ4n) is 1.75. The minimum absolute atomic E-state index is 0.00635. The molecule has 0 aliphatic rings. The molecule has 0 bridgehead atoms. The number of benzene rings is 1. The van der Waals surface area contributed by atoms with E-state index in [0.717, 1.165) is 31.5 Å². The molecule has 0 amide bonds. The van der Waals surface area contributed by atoms with E-state index in [-0.39, 0.29) is 21.8 Å². The van der Waals surface area contributed by atoms with E-state index in [9.17, 15) is 24.5 Å². The first-order valence-corrected chi connectivity index (χ1v) is 9.49. The fourth-order valence-corrected chi connectivity index (χ4v) is 2.76. The van der Waals surface area contributed by atoms with Gasteiger partial charge in [-0.3, -0.25) is 0 Å². The second-order valence-corrected chi connectivity index (χ2v) is 8.97. The van der Waals surface area contributed by atoms with Crippen LogP contribution in [0, 0.1) is 15.5 Å². The molecule has 0 heterocycles. The van der Waals surface area contributed by atoms with Crippen LogP contribution in [-0.2, 0) is 19.0 Å². The number of rotatable bonds is 7. The number of carbonyl (C=O) groups excluding carboxylic acids is 3. The topological polar surface area (TPSA) is 125 Å². The van der Waals surface area contributed by atoms with Crippen LogP contribution in [0.15, 0.2) is 28.9 Å². The van der Waals surface area contributed by atoms with E-state index in [1.165, 1.54) is 18.7 Å². The molecule has 0 radical (unpaired) electrons. The van der Waals surface area contributed by atoms with Crippen molar-refractivity contribution in [2.45, 2.75) is 32.4 Å². The average molecular weight is 426 g/mol. The maximum absolute atomic E-state index is 12.6. The Morgan fingerprint density at radius 3 is 2.21 bits per heavy atom. The van der Waals surface area contributed by atoms with Gasteiger partial charge in [-0.2, -0.15) is 0 Å². The molecule has 0 N–H and O–H groups in total. The van der Waals surface area contributed by atoms with Crippen molar-refractivity contribution in [1.82, 2.24) is 0 Å². The van der Waals surface area contributed by atoms with Gasteiger partial charge >= 0.3 is 169 Å². The molecule has 9 nitrogen and oxygen atoms in total. The summed E-state index contributed by atoms with van der Waals surface area (Å²) in [6.07, 6.45) is 0. The molecule has 0 fully saturated rings. The van der Waals surface area contributed by atoms with Crippen molar-refractivity contribution in [1.29, 1.82) is 0 Å². The number of nitro groups is 1. The summed E-state index contributed by atoms with van der Waals surface area (Å²) in [7, 11) is 2.84. The number of nitrogens with zero attached hydrogens (tertiary/aromatic N) is 2. The number of carbonyl (C=O) groups is 3. The van der Waals surface area contributed by atoms with E-state index in [0.29, 0.717) is 0 Å². The van der Waals surface area contributed by atoms with Gasteiger partial charge in [-0.05, 0) is 0 Å². The van der Waals surface area contributed by atoms with Gasteiger partial charge in [0.1, 0.15) is 0 Å². The van der Waals surface area contributed by atoms with E-state index >= 15 is 0 Å². The van der Waals surface area contributed by atoms with Crippen molar-refractivity contribution in [2.24, 2.45) is 10.1 Å². The zero-order valence-corrected chi connectivity index (χ0v) is 17.8. The molecule has 28 heavy (non-hydrogen) atoms. The summed E-state index contributed by atoms with van der Waals surface area (Å²) in [6, 6.07) is 4.54. The Hall–Kier alpha value is -2.13. The molecule has 0 saturated carbocycles. The number of non-ortho nitro benzene ring substituents is 1. The van der Waals surface area contributed by atoms with E-state index in [1.807, 2.05) is 30.2 Å². The van der Waals surface area contributed by atoms with Crippen molar-refractivity contribution in [3.63, 3.8) is 0 Å². The first-order valence-electron chi connectivity index (χ1n) is 7.98. The Balaban J connectivity index is 3.02. The monoisotopic (exact) mass is 426 g/mol. The standard InChI is InChI=1S/C16H20BN2O7PS/c1-15(2,3)28-9-16(4,14(22)26-17-18-27)13(21)25-12(20)10-5-7-11(8-6-10)19(23)24/h5-8H,9,27H2,1-4H3. The number of ether oxygens (including phenoxy) is 1. The van der Waals surface area contributed by atoms with E-state index in [2.05, 4.69) is 4.67 Å². The molecule has 2 atom stereocenters. The van der Waals surface area contributed by atoms with Crippen LogP contribution in [0.5, 0.6) is 0 Å². The summed E-state index contributed by atoms with van der Waals surface area (Å²) in [4.78, 5) is 47.3. The molecule has 0 aromatic heterocycles.